The molecule has 1 aromatic heterocycles. The predicted molar refractivity (Wildman–Crippen MR) is 146 cm³/mol. The summed E-state index contributed by atoms with van der Waals surface area (Å²) in [5.74, 6) is 1.64. The Labute approximate surface area is 219 Å². The van der Waals surface area contributed by atoms with Gasteiger partial charge in [0.15, 0.2) is 18.1 Å². The largest absolute Gasteiger partial charge is 0.493 e. The third kappa shape index (κ3) is 6.76. The molecule has 0 atom stereocenters. The van der Waals surface area contributed by atoms with Crippen molar-refractivity contribution in [3.05, 3.63) is 53.7 Å². The Kier molecular flexibility index (Phi) is 10.2. The Morgan fingerprint density at radius 3 is 2.32 bits per heavy atom. The summed E-state index contributed by atoms with van der Waals surface area (Å²) in [6.07, 6.45) is 1.81. The van der Waals surface area contributed by atoms with E-state index in [0.717, 1.165) is 49.1 Å². The van der Waals surface area contributed by atoms with Crippen LogP contribution in [-0.2, 0) is 11.3 Å². The van der Waals surface area contributed by atoms with Gasteiger partial charge in [0.2, 0.25) is 0 Å². The predicted octanol–water partition coefficient (Wildman–Crippen LogP) is 4.81. The Bertz CT molecular complexity index is 1200. The molecule has 0 fully saturated rings. The second-order valence-corrected chi connectivity index (χ2v) is 8.81. The average molecular weight is 510 g/mol. The van der Waals surface area contributed by atoms with E-state index >= 15 is 0 Å². The van der Waals surface area contributed by atoms with Crippen LogP contribution in [0, 0.1) is 6.92 Å². The van der Waals surface area contributed by atoms with E-state index in [9.17, 15) is 9.59 Å². The molecule has 0 bridgehead atoms. The molecule has 8 heteroatoms. The van der Waals surface area contributed by atoms with Crippen LogP contribution in [0.3, 0.4) is 0 Å². The maximum Gasteiger partial charge on any atom is 0.260 e. The monoisotopic (exact) mass is 509 g/mol. The van der Waals surface area contributed by atoms with Crippen LogP contribution in [0.25, 0.3) is 10.9 Å². The Balaban J connectivity index is 1.72. The lowest BCUT2D eigenvalue weighted by Crippen LogP contribution is -2.36. The van der Waals surface area contributed by atoms with Crippen LogP contribution in [0.5, 0.6) is 17.2 Å². The number of carbonyl (C=O) groups excluding carboxylic acids is 2. The van der Waals surface area contributed by atoms with Gasteiger partial charge in [0, 0.05) is 36.2 Å². The maximum absolute atomic E-state index is 13.2. The Morgan fingerprint density at radius 1 is 0.973 bits per heavy atom. The summed E-state index contributed by atoms with van der Waals surface area (Å²) < 4.78 is 19.1. The van der Waals surface area contributed by atoms with Crippen molar-refractivity contribution in [3.63, 3.8) is 0 Å². The van der Waals surface area contributed by atoms with Crippen LogP contribution in [0.4, 0.5) is 0 Å². The lowest BCUT2D eigenvalue weighted by molar-refractivity contribution is -0.133. The zero-order valence-electron chi connectivity index (χ0n) is 22.6. The van der Waals surface area contributed by atoms with E-state index in [1.54, 1.807) is 7.11 Å². The topological polar surface area (TPSA) is 82.0 Å². The molecular weight excluding hydrogens is 470 g/mol. The number of carbonyl (C=O) groups is 2. The van der Waals surface area contributed by atoms with Crippen molar-refractivity contribution in [2.45, 2.75) is 47.1 Å². The molecule has 3 rings (SSSR count). The number of para-hydroxylation sites is 2. The molecule has 1 heterocycles. The van der Waals surface area contributed by atoms with Crippen molar-refractivity contribution in [3.8, 4) is 17.2 Å². The molecule has 0 saturated heterocycles. The zero-order chi connectivity index (χ0) is 26.8. The molecule has 0 aliphatic heterocycles. The van der Waals surface area contributed by atoms with E-state index < -0.39 is 0 Å². The van der Waals surface area contributed by atoms with E-state index in [1.165, 1.54) is 0 Å². The highest BCUT2D eigenvalue weighted by Crippen LogP contribution is 2.30. The quantitative estimate of drug-likeness (QED) is 0.315. The first kappa shape index (κ1) is 27.9. The molecule has 2 amide bonds. The number of benzene rings is 2. The van der Waals surface area contributed by atoms with Crippen LogP contribution in [0.15, 0.2) is 42.5 Å². The lowest BCUT2D eigenvalue weighted by Gasteiger charge is -2.21. The van der Waals surface area contributed by atoms with Gasteiger partial charge in [-0.15, -0.1) is 0 Å². The summed E-state index contributed by atoms with van der Waals surface area (Å²) in [4.78, 5) is 27.7. The van der Waals surface area contributed by atoms with Gasteiger partial charge in [-0.1, -0.05) is 26.0 Å². The van der Waals surface area contributed by atoms with E-state index in [4.69, 9.17) is 14.2 Å². The average Bonchev–Trinajstić information content (AvgIpc) is 3.19. The van der Waals surface area contributed by atoms with E-state index in [2.05, 4.69) is 23.7 Å². The molecule has 0 saturated carbocycles. The molecule has 0 radical (unpaired) electrons. The van der Waals surface area contributed by atoms with Crippen LogP contribution in [-0.4, -0.2) is 61.2 Å². The number of amides is 2. The fourth-order valence-electron chi connectivity index (χ4n) is 4.53. The van der Waals surface area contributed by atoms with Gasteiger partial charge in [0.05, 0.1) is 19.2 Å². The van der Waals surface area contributed by atoms with Crippen LogP contribution in [0.1, 0.15) is 49.7 Å². The number of aryl methyl sites for hydroxylation is 1. The molecule has 0 aliphatic carbocycles. The minimum atomic E-state index is -0.177. The first-order valence-corrected chi connectivity index (χ1v) is 13.0. The third-order valence-corrected chi connectivity index (χ3v) is 6.25. The normalized spacial score (nSPS) is 10.8. The number of nitrogens with one attached hydrogen (secondary N) is 1. The minimum Gasteiger partial charge on any atom is -0.493 e. The van der Waals surface area contributed by atoms with Gasteiger partial charge in [-0.3, -0.25) is 9.59 Å². The lowest BCUT2D eigenvalue weighted by atomic mass is 10.1. The van der Waals surface area contributed by atoms with Crippen LogP contribution >= 0.6 is 0 Å². The van der Waals surface area contributed by atoms with Gasteiger partial charge >= 0.3 is 0 Å². The molecule has 0 aliphatic rings. The van der Waals surface area contributed by atoms with Crippen molar-refractivity contribution in [1.29, 1.82) is 0 Å². The minimum absolute atomic E-state index is 0.0270. The van der Waals surface area contributed by atoms with Crippen LogP contribution in [0.2, 0.25) is 0 Å². The molecule has 8 nitrogen and oxygen atoms in total. The highest BCUT2D eigenvalue weighted by molar-refractivity contribution is 6.08. The molecule has 0 spiro atoms. The van der Waals surface area contributed by atoms with Gasteiger partial charge in [-0.05, 0) is 57.0 Å². The number of aromatic nitrogens is 1. The highest BCUT2D eigenvalue weighted by atomic mass is 16.5. The number of methoxy groups -OCH3 is 1. The summed E-state index contributed by atoms with van der Waals surface area (Å²) in [6.45, 7) is 10.9. The zero-order valence-corrected chi connectivity index (χ0v) is 22.6. The number of rotatable bonds is 14. The van der Waals surface area contributed by atoms with Gasteiger partial charge in [-0.25, -0.2) is 0 Å². The molecule has 0 unspecified atom stereocenters. The summed E-state index contributed by atoms with van der Waals surface area (Å²) in [6, 6.07) is 13.1. The maximum atomic E-state index is 13.2. The summed E-state index contributed by atoms with van der Waals surface area (Å²) in [7, 11) is 1.59. The third-order valence-electron chi connectivity index (χ3n) is 6.25. The van der Waals surface area contributed by atoms with Crippen molar-refractivity contribution < 1.29 is 23.8 Å². The van der Waals surface area contributed by atoms with Gasteiger partial charge in [0.1, 0.15) is 12.4 Å². The van der Waals surface area contributed by atoms with Gasteiger partial charge in [-0.2, -0.15) is 0 Å². The van der Waals surface area contributed by atoms with E-state index in [1.807, 2.05) is 61.2 Å². The second-order valence-electron chi connectivity index (χ2n) is 8.81. The number of hydrogen-bond acceptors (Lipinski definition) is 5. The molecule has 2 aromatic carbocycles. The number of ether oxygens (including phenoxy) is 3. The fraction of sp³-hybridized carbons (Fsp3) is 0.448. The number of hydrogen-bond donors (Lipinski definition) is 1. The van der Waals surface area contributed by atoms with E-state index in [-0.39, 0.29) is 18.4 Å². The SMILES string of the molecule is CCCN(CCC)C(=O)COc1ccc2c(c1)c(C(=O)NCCOc1ccccc1OC)c(C)n2CC. The first-order chi connectivity index (χ1) is 17.9. The molecular formula is C29H39N3O5. The summed E-state index contributed by atoms with van der Waals surface area (Å²) in [5.41, 5.74) is 2.43. The molecule has 200 valence electrons. The summed E-state index contributed by atoms with van der Waals surface area (Å²) >= 11 is 0. The van der Waals surface area contributed by atoms with Crippen molar-refractivity contribution in [1.82, 2.24) is 14.8 Å². The van der Waals surface area contributed by atoms with Crippen molar-refractivity contribution in [2.75, 3.05) is 40.0 Å². The second kappa shape index (κ2) is 13.6. The van der Waals surface area contributed by atoms with Crippen LogP contribution < -0.4 is 19.5 Å². The van der Waals surface area contributed by atoms with E-state index in [0.29, 0.717) is 36.0 Å². The first-order valence-electron chi connectivity index (χ1n) is 13.0. The van der Waals surface area contributed by atoms with Crippen molar-refractivity contribution >= 4 is 22.7 Å². The summed E-state index contributed by atoms with van der Waals surface area (Å²) in [5, 5.41) is 3.77. The number of nitrogens with zero attached hydrogens (tertiary/aromatic N) is 2. The Morgan fingerprint density at radius 2 is 1.68 bits per heavy atom. The smallest absolute Gasteiger partial charge is 0.260 e. The fourth-order valence-corrected chi connectivity index (χ4v) is 4.53. The number of fused-ring (bicyclic) bond motifs is 1. The van der Waals surface area contributed by atoms with Crippen molar-refractivity contribution in [2.24, 2.45) is 0 Å². The highest BCUT2D eigenvalue weighted by Gasteiger charge is 2.20. The standard InChI is InChI=1S/C29H39N3O5/c1-6-16-31(17-7-2)27(33)20-37-22-13-14-24-23(19-22)28(21(4)32(24)8-3)29(34)30-15-18-36-26-12-10-9-11-25(26)35-5/h9-14,19H,6-8,15-18,20H2,1-5H3,(H,30,34). The Hall–Kier alpha value is -3.68. The molecule has 1 N–H and O–H groups in total. The van der Waals surface area contributed by atoms with Gasteiger partial charge in [0.25, 0.3) is 11.8 Å². The molecule has 3 aromatic rings. The van der Waals surface area contributed by atoms with Gasteiger partial charge < -0.3 is 29.0 Å². The molecule has 37 heavy (non-hydrogen) atoms.